The Bertz CT molecular complexity index is 575. The molecule has 2 rings (SSSR count). The van der Waals surface area contributed by atoms with E-state index in [2.05, 4.69) is 10.2 Å². The molecule has 0 amide bonds. The molecule has 2 aromatic carbocycles. The summed E-state index contributed by atoms with van der Waals surface area (Å²) in [6.07, 6.45) is 0. The van der Waals surface area contributed by atoms with Crippen LogP contribution in [0.15, 0.2) is 58.8 Å². The van der Waals surface area contributed by atoms with Crippen molar-refractivity contribution in [1.29, 1.82) is 10.8 Å². The Morgan fingerprint density at radius 3 is 2.42 bits per heavy atom. The minimum atomic E-state index is 0.475. The lowest BCUT2D eigenvalue weighted by Crippen LogP contribution is -1.95. The lowest BCUT2D eigenvalue weighted by atomic mass is 10.2. The van der Waals surface area contributed by atoms with Crippen molar-refractivity contribution in [3.05, 3.63) is 59.7 Å². The third kappa shape index (κ3) is 4.30. The summed E-state index contributed by atoms with van der Waals surface area (Å²) in [7, 11) is 0. The summed E-state index contributed by atoms with van der Waals surface area (Å²) in [6, 6.07) is 15.7. The number of hydrogen-bond acceptors (Lipinski definition) is 5. The average Bonchev–Trinajstić information content (AvgIpc) is 2.47. The molecule has 2 aromatic rings. The van der Waals surface area contributed by atoms with Crippen LogP contribution in [0.4, 0.5) is 11.4 Å². The molecule has 0 aliphatic rings. The Hall–Kier alpha value is -2.58. The zero-order valence-electron chi connectivity index (χ0n) is 10.7. The summed E-state index contributed by atoms with van der Waals surface area (Å²) in [5, 5.41) is 20.4. The van der Waals surface area contributed by atoms with E-state index in [0.717, 1.165) is 16.9 Å². The Kier molecular flexibility index (Phi) is 5.86. The van der Waals surface area contributed by atoms with Crippen molar-refractivity contribution in [2.24, 2.45) is 16.0 Å². The molecule has 0 aliphatic heterocycles. The SMILES string of the molecule is Cc1cccc(N=Nc2ccccc2CN)c1.N#N. The molecule has 19 heavy (non-hydrogen) atoms. The van der Waals surface area contributed by atoms with Gasteiger partial charge in [-0.3, -0.25) is 0 Å². The van der Waals surface area contributed by atoms with Crippen LogP contribution < -0.4 is 5.73 Å². The Labute approximate surface area is 112 Å². The van der Waals surface area contributed by atoms with E-state index >= 15 is 0 Å². The maximum atomic E-state index is 6.00. The topological polar surface area (TPSA) is 98.3 Å². The van der Waals surface area contributed by atoms with Crippen molar-refractivity contribution in [2.75, 3.05) is 0 Å². The Morgan fingerprint density at radius 1 is 1.00 bits per heavy atom. The molecule has 0 aliphatic carbocycles. The molecule has 0 saturated carbocycles. The lowest BCUT2D eigenvalue weighted by molar-refractivity contribution is 1.05. The van der Waals surface area contributed by atoms with Crippen LogP contribution in [0, 0.1) is 17.7 Å². The van der Waals surface area contributed by atoms with Gasteiger partial charge in [0.05, 0.1) is 11.4 Å². The van der Waals surface area contributed by atoms with Crippen molar-refractivity contribution in [1.82, 2.24) is 0 Å². The van der Waals surface area contributed by atoms with Crippen molar-refractivity contribution < 1.29 is 0 Å². The number of azo groups is 1. The highest BCUT2D eigenvalue weighted by Gasteiger charge is 1.97. The number of nitrogens with zero attached hydrogens (tertiary/aromatic N) is 4. The van der Waals surface area contributed by atoms with E-state index in [9.17, 15) is 0 Å². The van der Waals surface area contributed by atoms with Gasteiger partial charge in [0.1, 0.15) is 0 Å². The van der Waals surface area contributed by atoms with Gasteiger partial charge in [-0.15, -0.1) is 0 Å². The quantitative estimate of drug-likeness (QED) is 0.663. The summed E-state index contributed by atoms with van der Waals surface area (Å²) in [4.78, 5) is 0. The van der Waals surface area contributed by atoms with Crippen LogP contribution in [-0.2, 0) is 6.54 Å². The lowest BCUT2D eigenvalue weighted by Gasteiger charge is -2.00. The van der Waals surface area contributed by atoms with E-state index < -0.39 is 0 Å². The number of nitrogens with two attached hydrogens (primary N) is 1. The van der Waals surface area contributed by atoms with Gasteiger partial charge in [-0.25, -0.2) is 0 Å². The Morgan fingerprint density at radius 2 is 1.74 bits per heavy atom. The molecule has 0 aromatic heterocycles. The second-order valence-electron chi connectivity index (χ2n) is 3.87. The van der Waals surface area contributed by atoms with Crippen LogP contribution in [0.2, 0.25) is 0 Å². The average molecular weight is 253 g/mol. The van der Waals surface area contributed by atoms with Crippen LogP contribution in [-0.4, -0.2) is 0 Å². The largest absolute Gasteiger partial charge is 0.326 e. The molecule has 5 nitrogen and oxygen atoms in total. The highest BCUT2D eigenvalue weighted by Crippen LogP contribution is 2.22. The smallest absolute Gasteiger partial charge is 0.0901 e. The van der Waals surface area contributed by atoms with E-state index in [-0.39, 0.29) is 0 Å². The third-order valence-corrected chi connectivity index (χ3v) is 2.49. The summed E-state index contributed by atoms with van der Waals surface area (Å²) in [5.41, 5.74) is 9.51. The zero-order chi connectivity index (χ0) is 14.1. The van der Waals surface area contributed by atoms with Gasteiger partial charge in [0.25, 0.3) is 0 Å². The van der Waals surface area contributed by atoms with E-state index in [1.54, 1.807) is 0 Å². The zero-order valence-corrected chi connectivity index (χ0v) is 10.7. The van der Waals surface area contributed by atoms with Gasteiger partial charge in [0.15, 0.2) is 0 Å². The minimum Gasteiger partial charge on any atom is -0.326 e. The van der Waals surface area contributed by atoms with Crippen LogP contribution >= 0.6 is 0 Å². The molecule has 0 saturated heterocycles. The Balaban J connectivity index is 0.000000861. The van der Waals surface area contributed by atoms with E-state index in [1.807, 2.05) is 55.5 Å². The number of benzene rings is 2. The van der Waals surface area contributed by atoms with Gasteiger partial charge in [0, 0.05) is 17.3 Å². The van der Waals surface area contributed by atoms with Crippen molar-refractivity contribution >= 4 is 11.4 Å². The van der Waals surface area contributed by atoms with Gasteiger partial charge >= 0.3 is 0 Å². The highest BCUT2D eigenvalue weighted by atomic mass is 15.1. The van der Waals surface area contributed by atoms with Crippen molar-refractivity contribution in [3.8, 4) is 0 Å². The summed E-state index contributed by atoms with van der Waals surface area (Å²) in [5.74, 6) is 0. The third-order valence-electron chi connectivity index (χ3n) is 2.49. The standard InChI is InChI=1S/C14H15N3.N2/c1-11-5-4-7-13(9-11)16-17-14-8-3-2-6-12(14)10-15;1-2/h2-9H,10,15H2,1H3;. The fraction of sp³-hybridized carbons (Fsp3) is 0.143. The van der Waals surface area contributed by atoms with Gasteiger partial charge in [0.2, 0.25) is 0 Å². The molecular formula is C14H15N5. The molecule has 0 fully saturated rings. The summed E-state index contributed by atoms with van der Waals surface area (Å²) >= 11 is 0. The number of aryl methyl sites for hydroxylation is 1. The fourth-order valence-corrected chi connectivity index (χ4v) is 1.58. The molecule has 0 heterocycles. The molecule has 0 radical (unpaired) electrons. The van der Waals surface area contributed by atoms with Crippen LogP contribution in [0.25, 0.3) is 0 Å². The van der Waals surface area contributed by atoms with Crippen LogP contribution in [0.5, 0.6) is 0 Å². The first-order chi connectivity index (χ1) is 9.29. The predicted octanol–water partition coefficient (Wildman–Crippen LogP) is 3.90. The predicted molar refractivity (Wildman–Crippen MR) is 73.1 cm³/mol. The molecule has 0 spiro atoms. The number of rotatable bonds is 3. The fourth-order valence-electron chi connectivity index (χ4n) is 1.58. The molecule has 2 N–H and O–H groups in total. The highest BCUT2D eigenvalue weighted by molar-refractivity contribution is 5.46. The molecule has 0 atom stereocenters. The molecular weight excluding hydrogens is 238 g/mol. The van der Waals surface area contributed by atoms with Gasteiger partial charge in [-0.05, 0) is 36.2 Å². The summed E-state index contributed by atoms with van der Waals surface area (Å²) in [6.45, 7) is 2.51. The monoisotopic (exact) mass is 253 g/mol. The van der Waals surface area contributed by atoms with Gasteiger partial charge in [-0.2, -0.15) is 10.2 Å². The first-order valence-electron chi connectivity index (χ1n) is 5.76. The van der Waals surface area contributed by atoms with E-state index in [4.69, 9.17) is 16.5 Å². The minimum absolute atomic E-state index is 0.475. The summed E-state index contributed by atoms with van der Waals surface area (Å²) < 4.78 is 0. The van der Waals surface area contributed by atoms with E-state index in [0.29, 0.717) is 6.54 Å². The first-order valence-corrected chi connectivity index (χ1v) is 5.76. The molecule has 0 bridgehead atoms. The normalized spacial score (nSPS) is 9.89. The van der Waals surface area contributed by atoms with Crippen LogP contribution in [0.1, 0.15) is 11.1 Å². The number of hydrogen-bond donors (Lipinski definition) is 1. The van der Waals surface area contributed by atoms with Crippen LogP contribution in [0.3, 0.4) is 0 Å². The maximum absolute atomic E-state index is 6.00. The maximum Gasteiger partial charge on any atom is 0.0901 e. The van der Waals surface area contributed by atoms with Gasteiger partial charge in [-0.1, -0.05) is 30.3 Å². The van der Waals surface area contributed by atoms with Crippen molar-refractivity contribution in [2.45, 2.75) is 13.5 Å². The first kappa shape index (κ1) is 14.5. The van der Waals surface area contributed by atoms with Gasteiger partial charge < -0.3 is 5.73 Å². The van der Waals surface area contributed by atoms with Crippen molar-refractivity contribution in [3.63, 3.8) is 0 Å². The van der Waals surface area contributed by atoms with E-state index in [1.165, 1.54) is 5.56 Å². The second kappa shape index (κ2) is 7.69. The molecule has 0 unspecified atom stereocenters. The molecule has 96 valence electrons. The molecule has 5 heteroatoms. The second-order valence-corrected chi connectivity index (χ2v) is 3.87.